The molecule has 0 bridgehead atoms. The molecule has 1 saturated heterocycles. The van der Waals surface area contributed by atoms with Crippen LogP contribution in [0.1, 0.15) is 34.1 Å². The van der Waals surface area contributed by atoms with Crippen LogP contribution in [0.5, 0.6) is 0 Å². The van der Waals surface area contributed by atoms with Crippen molar-refractivity contribution in [3.8, 4) is 0 Å². The Bertz CT molecular complexity index is 479. The molecule has 4 N–H and O–H groups in total. The SMILES string of the molecule is CC(C)C1=C(O[C@H]2O[C@H](CO)[C@@H](O)[C@H](O)[C@H]2O)CC(C)(C)C=C1. The smallest absolute Gasteiger partial charge is 0.228 e. The fourth-order valence-electron chi connectivity index (χ4n) is 2.91. The molecule has 0 aromatic carbocycles. The third-order valence-corrected chi connectivity index (χ3v) is 4.38. The number of hydrogen-bond acceptors (Lipinski definition) is 6. The Morgan fingerprint density at radius 1 is 1.22 bits per heavy atom. The Morgan fingerprint density at radius 3 is 2.43 bits per heavy atom. The molecule has 132 valence electrons. The first-order chi connectivity index (χ1) is 10.7. The largest absolute Gasteiger partial charge is 0.466 e. The molecule has 1 fully saturated rings. The molecule has 6 nitrogen and oxygen atoms in total. The molecule has 1 aliphatic carbocycles. The molecule has 0 aromatic heterocycles. The standard InChI is InChI=1S/C17H28O6/c1-9(2)10-5-6-17(3,4)7-11(10)22-16-15(21)14(20)13(19)12(8-18)23-16/h5-6,9,12-16,18-21H,7-8H2,1-4H3/t12-,13-,14+,15-,16+/m1/s1. The molecule has 0 spiro atoms. The van der Waals surface area contributed by atoms with E-state index >= 15 is 0 Å². The summed E-state index contributed by atoms with van der Waals surface area (Å²) in [5.74, 6) is 0.944. The highest BCUT2D eigenvalue weighted by atomic mass is 16.7. The van der Waals surface area contributed by atoms with Gasteiger partial charge in [-0.3, -0.25) is 0 Å². The van der Waals surface area contributed by atoms with Crippen LogP contribution in [-0.4, -0.2) is 57.7 Å². The van der Waals surface area contributed by atoms with Crippen molar-refractivity contribution in [1.82, 2.24) is 0 Å². The van der Waals surface area contributed by atoms with Gasteiger partial charge in [0.25, 0.3) is 0 Å². The quantitative estimate of drug-likeness (QED) is 0.606. The average molecular weight is 328 g/mol. The van der Waals surface area contributed by atoms with Crippen molar-refractivity contribution in [2.24, 2.45) is 11.3 Å². The lowest BCUT2D eigenvalue weighted by Gasteiger charge is -2.41. The van der Waals surface area contributed by atoms with Gasteiger partial charge in [-0.2, -0.15) is 0 Å². The van der Waals surface area contributed by atoms with E-state index < -0.39 is 37.3 Å². The van der Waals surface area contributed by atoms with Gasteiger partial charge >= 0.3 is 0 Å². The molecule has 0 aromatic rings. The third kappa shape index (κ3) is 3.95. The summed E-state index contributed by atoms with van der Waals surface area (Å²) in [7, 11) is 0. The summed E-state index contributed by atoms with van der Waals surface area (Å²) >= 11 is 0. The summed E-state index contributed by atoms with van der Waals surface area (Å²) < 4.78 is 11.3. The minimum absolute atomic E-state index is 0.0815. The third-order valence-electron chi connectivity index (χ3n) is 4.38. The Balaban J connectivity index is 2.22. The van der Waals surface area contributed by atoms with Crippen molar-refractivity contribution in [1.29, 1.82) is 0 Å². The first-order valence-corrected chi connectivity index (χ1v) is 8.05. The van der Waals surface area contributed by atoms with Gasteiger partial charge in [-0.1, -0.05) is 39.8 Å². The van der Waals surface area contributed by atoms with Gasteiger partial charge in [0.1, 0.15) is 30.2 Å². The summed E-state index contributed by atoms with van der Waals surface area (Å²) in [6.07, 6.45) is -1.49. The van der Waals surface area contributed by atoms with Gasteiger partial charge in [0.15, 0.2) is 0 Å². The Kier molecular flexibility index (Phi) is 5.53. The second-order valence-corrected chi connectivity index (χ2v) is 7.35. The fourth-order valence-corrected chi connectivity index (χ4v) is 2.91. The minimum atomic E-state index is -1.43. The van der Waals surface area contributed by atoms with Gasteiger partial charge < -0.3 is 29.9 Å². The highest BCUT2D eigenvalue weighted by Gasteiger charge is 2.45. The lowest BCUT2D eigenvalue weighted by molar-refractivity contribution is -0.292. The van der Waals surface area contributed by atoms with Crippen LogP contribution >= 0.6 is 0 Å². The molecular formula is C17H28O6. The molecule has 0 saturated carbocycles. The summed E-state index contributed by atoms with van der Waals surface area (Å²) in [5.41, 5.74) is 0.934. The van der Waals surface area contributed by atoms with Crippen LogP contribution in [0.4, 0.5) is 0 Å². The summed E-state index contributed by atoms with van der Waals surface area (Å²) in [6.45, 7) is 7.80. The second kappa shape index (κ2) is 6.91. The molecule has 23 heavy (non-hydrogen) atoms. The van der Waals surface area contributed by atoms with E-state index in [0.717, 1.165) is 5.57 Å². The van der Waals surface area contributed by atoms with Gasteiger partial charge in [-0.25, -0.2) is 0 Å². The number of ether oxygens (including phenoxy) is 2. The van der Waals surface area contributed by atoms with E-state index in [1.54, 1.807) is 0 Å². The van der Waals surface area contributed by atoms with Crippen LogP contribution in [0.3, 0.4) is 0 Å². The summed E-state index contributed by atoms with van der Waals surface area (Å²) in [6, 6.07) is 0. The van der Waals surface area contributed by atoms with E-state index in [9.17, 15) is 20.4 Å². The summed E-state index contributed by atoms with van der Waals surface area (Å²) in [5, 5.41) is 39.1. The van der Waals surface area contributed by atoms with Crippen LogP contribution in [-0.2, 0) is 9.47 Å². The molecule has 0 unspecified atom stereocenters. The van der Waals surface area contributed by atoms with Crippen molar-refractivity contribution in [3.05, 3.63) is 23.5 Å². The first kappa shape index (κ1) is 18.4. The van der Waals surface area contributed by atoms with E-state index in [0.29, 0.717) is 12.2 Å². The van der Waals surface area contributed by atoms with E-state index in [1.165, 1.54) is 0 Å². The molecular weight excluding hydrogens is 300 g/mol. The van der Waals surface area contributed by atoms with E-state index in [4.69, 9.17) is 9.47 Å². The second-order valence-electron chi connectivity index (χ2n) is 7.35. The summed E-state index contributed by atoms with van der Waals surface area (Å²) in [4.78, 5) is 0. The lowest BCUT2D eigenvalue weighted by atomic mass is 9.80. The van der Waals surface area contributed by atoms with Gasteiger partial charge in [0, 0.05) is 6.42 Å². The molecule has 0 amide bonds. The zero-order chi connectivity index (χ0) is 17.4. The maximum atomic E-state index is 10.1. The van der Waals surface area contributed by atoms with Gasteiger partial charge in [-0.15, -0.1) is 0 Å². The zero-order valence-corrected chi connectivity index (χ0v) is 14.1. The van der Waals surface area contributed by atoms with E-state index in [-0.39, 0.29) is 11.3 Å². The van der Waals surface area contributed by atoms with Crippen LogP contribution in [0, 0.1) is 11.3 Å². The molecule has 0 radical (unpaired) electrons. The molecule has 6 heteroatoms. The van der Waals surface area contributed by atoms with Crippen molar-refractivity contribution in [3.63, 3.8) is 0 Å². The maximum Gasteiger partial charge on any atom is 0.228 e. The molecule has 1 aliphatic heterocycles. The van der Waals surface area contributed by atoms with Crippen molar-refractivity contribution >= 4 is 0 Å². The zero-order valence-electron chi connectivity index (χ0n) is 14.1. The van der Waals surface area contributed by atoms with Crippen molar-refractivity contribution in [2.45, 2.75) is 64.8 Å². The minimum Gasteiger partial charge on any atom is -0.466 e. The monoisotopic (exact) mass is 328 g/mol. The van der Waals surface area contributed by atoms with Crippen LogP contribution in [0.2, 0.25) is 0 Å². The molecule has 5 atom stereocenters. The lowest BCUT2D eigenvalue weighted by Crippen LogP contribution is -2.59. The average Bonchev–Trinajstić information content (AvgIpc) is 2.46. The Hall–Kier alpha value is -0.920. The number of aliphatic hydroxyl groups is 4. The predicted molar refractivity (Wildman–Crippen MR) is 84.3 cm³/mol. The normalized spacial score (nSPS) is 37.3. The highest BCUT2D eigenvalue weighted by molar-refractivity contribution is 5.31. The van der Waals surface area contributed by atoms with E-state index in [2.05, 4.69) is 33.8 Å². The van der Waals surface area contributed by atoms with Crippen molar-refractivity contribution in [2.75, 3.05) is 6.61 Å². The number of aliphatic hydroxyl groups excluding tert-OH is 4. The van der Waals surface area contributed by atoms with Crippen LogP contribution in [0.25, 0.3) is 0 Å². The molecule has 2 aliphatic rings. The predicted octanol–water partition coefficient (Wildman–Crippen LogP) is 0.699. The molecule has 2 rings (SSSR count). The van der Waals surface area contributed by atoms with Gasteiger partial charge in [0.05, 0.1) is 6.61 Å². The van der Waals surface area contributed by atoms with Crippen molar-refractivity contribution < 1.29 is 29.9 Å². The van der Waals surface area contributed by atoms with E-state index in [1.807, 2.05) is 6.08 Å². The van der Waals surface area contributed by atoms with Gasteiger partial charge in [-0.05, 0) is 16.9 Å². The Morgan fingerprint density at radius 2 is 1.87 bits per heavy atom. The van der Waals surface area contributed by atoms with Crippen LogP contribution < -0.4 is 0 Å². The fraction of sp³-hybridized carbons (Fsp3) is 0.765. The number of allylic oxidation sites excluding steroid dienone is 4. The first-order valence-electron chi connectivity index (χ1n) is 8.05. The maximum absolute atomic E-state index is 10.1. The number of rotatable bonds is 4. The number of hydrogen-bond donors (Lipinski definition) is 4. The van der Waals surface area contributed by atoms with Crippen LogP contribution in [0.15, 0.2) is 23.5 Å². The van der Waals surface area contributed by atoms with Gasteiger partial charge in [0.2, 0.25) is 6.29 Å². The Labute approximate surface area is 137 Å². The topological polar surface area (TPSA) is 99.4 Å². The molecule has 1 heterocycles. The highest BCUT2D eigenvalue weighted by Crippen LogP contribution is 2.38.